The SMILES string of the molecule is Nc1ncnc2c1C=CNC=C2. The van der Waals surface area contributed by atoms with Gasteiger partial charge in [0.25, 0.3) is 0 Å². The summed E-state index contributed by atoms with van der Waals surface area (Å²) in [4.78, 5) is 7.96. The van der Waals surface area contributed by atoms with Gasteiger partial charge in [0.2, 0.25) is 0 Å². The highest BCUT2D eigenvalue weighted by molar-refractivity contribution is 5.71. The van der Waals surface area contributed by atoms with Crippen LogP contribution in [0.3, 0.4) is 0 Å². The Balaban J connectivity index is 2.65. The van der Waals surface area contributed by atoms with Crippen molar-refractivity contribution < 1.29 is 0 Å². The third-order valence-electron chi connectivity index (χ3n) is 1.63. The molecular weight excluding hydrogens is 152 g/mol. The second-order valence-corrected chi connectivity index (χ2v) is 2.39. The molecule has 1 aromatic rings. The molecule has 0 aromatic carbocycles. The lowest BCUT2D eigenvalue weighted by Gasteiger charge is -1.99. The van der Waals surface area contributed by atoms with E-state index in [0.717, 1.165) is 11.3 Å². The van der Waals surface area contributed by atoms with Crippen LogP contribution in [0.25, 0.3) is 12.2 Å². The van der Waals surface area contributed by atoms with Crippen LogP contribution in [0.2, 0.25) is 0 Å². The summed E-state index contributed by atoms with van der Waals surface area (Å²) in [5.74, 6) is 0.504. The number of nitrogens with one attached hydrogen (secondary N) is 1. The fraction of sp³-hybridized carbons (Fsp3) is 0. The molecule has 60 valence electrons. The highest BCUT2D eigenvalue weighted by atomic mass is 14.9. The van der Waals surface area contributed by atoms with Gasteiger partial charge in [-0.15, -0.1) is 0 Å². The number of nitrogen functional groups attached to an aromatic ring is 1. The molecule has 0 spiro atoms. The van der Waals surface area contributed by atoms with Crippen LogP contribution in [0, 0.1) is 0 Å². The molecular formula is C8H8N4. The zero-order valence-electron chi connectivity index (χ0n) is 6.36. The van der Waals surface area contributed by atoms with Gasteiger partial charge < -0.3 is 11.1 Å². The van der Waals surface area contributed by atoms with Crippen molar-refractivity contribution in [2.75, 3.05) is 5.73 Å². The number of rotatable bonds is 0. The number of fused-ring (bicyclic) bond motifs is 1. The smallest absolute Gasteiger partial charge is 0.134 e. The van der Waals surface area contributed by atoms with Crippen molar-refractivity contribution >= 4 is 18.0 Å². The summed E-state index contributed by atoms with van der Waals surface area (Å²) in [6, 6.07) is 0. The number of aromatic nitrogens is 2. The molecule has 1 aliphatic heterocycles. The normalized spacial score (nSPS) is 13.3. The predicted molar refractivity (Wildman–Crippen MR) is 47.6 cm³/mol. The summed E-state index contributed by atoms with van der Waals surface area (Å²) in [6.07, 6.45) is 8.76. The van der Waals surface area contributed by atoms with Crippen LogP contribution in [0.15, 0.2) is 18.7 Å². The minimum absolute atomic E-state index is 0.504. The van der Waals surface area contributed by atoms with E-state index in [1.54, 1.807) is 12.4 Å². The van der Waals surface area contributed by atoms with Crippen LogP contribution in [-0.2, 0) is 0 Å². The van der Waals surface area contributed by atoms with E-state index in [1.165, 1.54) is 6.33 Å². The first-order valence-electron chi connectivity index (χ1n) is 3.57. The van der Waals surface area contributed by atoms with Gasteiger partial charge in [-0.25, -0.2) is 9.97 Å². The fourth-order valence-electron chi connectivity index (χ4n) is 1.04. The number of anilines is 1. The van der Waals surface area contributed by atoms with Gasteiger partial charge in [-0.1, -0.05) is 0 Å². The topological polar surface area (TPSA) is 63.8 Å². The van der Waals surface area contributed by atoms with E-state index < -0.39 is 0 Å². The van der Waals surface area contributed by atoms with Crippen LogP contribution in [-0.4, -0.2) is 9.97 Å². The molecule has 0 saturated carbocycles. The molecule has 0 radical (unpaired) electrons. The molecule has 0 saturated heterocycles. The largest absolute Gasteiger partial charge is 0.383 e. The molecule has 0 atom stereocenters. The Morgan fingerprint density at radius 3 is 2.92 bits per heavy atom. The summed E-state index contributed by atoms with van der Waals surface area (Å²) in [6.45, 7) is 0. The molecule has 12 heavy (non-hydrogen) atoms. The van der Waals surface area contributed by atoms with Crippen LogP contribution < -0.4 is 11.1 Å². The predicted octanol–water partition coefficient (Wildman–Crippen LogP) is 0.603. The van der Waals surface area contributed by atoms with E-state index in [0.29, 0.717) is 5.82 Å². The lowest BCUT2D eigenvalue weighted by molar-refractivity contribution is 1.15. The zero-order chi connectivity index (χ0) is 8.39. The second kappa shape index (κ2) is 2.65. The Labute approximate surface area is 69.8 Å². The van der Waals surface area contributed by atoms with Gasteiger partial charge in [-0.05, 0) is 12.2 Å². The Kier molecular flexibility index (Phi) is 1.51. The summed E-state index contributed by atoms with van der Waals surface area (Å²) < 4.78 is 0. The van der Waals surface area contributed by atoms with Gasteiger partial charge in [-0.3, -0.25) is 0 Å². The fourth-order valence-corrected chi connectivity index (χ4v) is 1.04. The molecule has 2 heterocycles. The highest BCUT2D eigenvalue weighted by Gasteiger charge is 2.03. The van der Waals surface area contributed by atoms with Crippen molar-refractivity contribution in [3.05, 3.63) is 30.0 Å². The Morgan fingerprint density at radius 1 is 1.17 bits per heavy atom. The molecule has 1 aromatic heterocycles. The molecule has 0 fully saturated rings. The van der Waals surface area contributed by atoms with Crippen molar-refractivity contribution in [2.24, 2.45) is 0 Å². The third kappa shape index (κ3) is 1.03. The first-order valence-corrected chi connectivity index (χ1v) is 3.57. The second-order valence-electron chi connectivity index (χ2n) is 2.39. The summed E-state index contributed by atoms with van der Waals surface area (Å²) >= 11 is 0. The maximum absolute atomic E-state index is 5.65. The number of hydrogen-bond donors (Lipinski definition) is 2. The minimum Gasteiger partial charge on any atom is -0.383 e. The number of nitrogens with zero attached hydrogens (tertiary/aromatic N) is 2. The molecule has 4 nitrogen and oxygen atoms in total. The average molecular weight is 160 g/mol. The minimum atomic E-state index is 0.504. The molecule has 2 rings (SSSR count). The van der Waals surface area contributed by atoms with Gasteiger partial charge in [0, 0.05) is 18.0 Å². The van der Waals surface area contributed by atoms with Crippen LogP contribution in [0.1, 0.15) is 11.3 Å². The molecule has 0 amide bonds. The summed E-state index contributed by atoms with van der Waals surface area (Å²) in [5.41, 5.74) is 7.34. The summed E-state index contributed by atoms with van der Waals surface area (Å²) in [7, 11) is 0. The molecule has 0 bridgehead atoms. The summed E-state index contributed by atoms with van der Waals surface area (Å²) in [5, 5.41) is 2.94. The van der Waals surface area contributed by atoms with Gasteiger partial charge in [0.05, 0.1) is 5.69 Å². The lowest BCUT2D eigenvalue weighted by Crippen LogP contribution is -1.97. The van der Waals surface area contributed by atoms with Crippen molar-refractivity contribution in [3.63, 3.8) is 0 Å². The van der Waals surface area contributed by atoms with E-state index in [-0.39, 0.29) is 0 Å². The molecule has 4 heteroatoms. The van der Waals surface area contributed by atoms with Gasteiger partial charge >= 0.3 is 0 Å². The monoisotopic (exact) mass is 160 g/mol. The molecule has 1 aliphatic rings. The van der Waals surface area contributed by atoms with Crippen LogP contribution in [0.4, 0.5) is 5.82 Å². The number of nitrogens with two attached hydrogens (primary N) is 1. The Bertz CT molecular complexity index is 354. The first-order chi connectivity index (χ1) is 5.88. The Morgan fingerprint density at radius 2 is 2.00 bits per heavy atom. The maximum atomic E-state index is 5.65. The highest BCUT2D eigenvalue weighted by Crippen LogP contribution is 2.16. The molecule has 0 unspecified atom stereocenters. The lowest BCUT2D eigenvalue weighted by atomic mass is 10.2. The van der Waals surface area contributed by atoms with Crippen LogP contribution in [0.5, 0.6) is 0 Å². The first kappa shape index (κ1) is 6.84. The number of hydrogen-bond acceptors (Lipinski definition) is 4. The standard InChI is InChI=1S/C8H8N4/c9-8-6-1-3-10-4-2-7(6)11-5-12-8/h1-5,10H,(H2,9,11,12). The van der Waals surface area contributed by atoms with Gasteiger partial charge in [0.1, 0.15) is 12.1 Å². The zero-order valence-corrected chi connectivity index (χ0v) is 6.36. The van der Waals surface area contributed by atoms with Crippen molar-refractivity contribution in [1.82, 2.24) is 15.3 Å². The van der Waals surface area contributed by atoms with E-state index in [4.69, 9.17) is 5.73 Å². The van der Waals surface area contributed by atoms with E-state index in [9.17, 15) is 0 Å². The van der Waals surface area contributed by atoms with E-state index >= 15 is 0 Å². The van der Waals surface area contributed by atoms with Crippen molar-refractivity contribution in [2.45, 2.75) is 0 Å². The van der Waals surface area contributed by atoms with Gasteiger partial charge in [-0.2, -0.15) is 0 Å². The van der Waals surface area contributed by atoms with Crippen molar-refractivity contribution in [1.29, 1.82) is 0 Å². The molecule has 0 aliphatic carbocycles. The third-order valence-corrected chi connectivity index (χ3v) is 1.63. The molecule has 3 N–H and O–H groups in total. The quantitative estimate of drug-likeness (QED) is 0.583. The van der Waals surface area contributed by atoms with E-state index in [2.05, 4.69) is 15.3 Å². The van der Waals surface area contributed by atoms with Crippen LogP contribution >= 0.6 is 0 Å². The van der Waals surface area contributed by atoms with Gasteiger partial charge in [0.15, 0.2) is 0 Å². The average Bonchev–Trinajstić information content (AvgIpc) is 2.30. The Hall–Kier alpha value is -1.84. The van der Waals surface area contributed by atoms with E-state index in [1.807, 2.05) is 12.2 Å². The maximum Gasteiger partial charge on any atom is 0.134 e. The van der Waals surface area contributed by atoms with Crippen molar-refractivity contribution in [3.8, 4) is 0 Å².